The minimum absolute atomic E-state index is 0.0548. The molecule has 1 unspecified atom stereocenters. The fourth-order valence-corrected chi connectivity index (χ4v) is 5.04. The number of aryl methyl sites for hydroxylation is 2. The van der Waals surface area contributed by atoms with Gasteiger partial charge in [-0.25, -0.2) is 8.78 Å². The summed E-state index contributed by atoms with van der Waals surface area (Å²) in [6, 6.07) is 5.14. The molecule has 1 atom stereocenters. The van der Waals surface area contributed by atoms with Gasteiger partial charge in [-0.05, 0) is 50.8 Å². The summed E-state index contributed by atoms with van der Waals surface area (Å²) in [5, 5.41) is 18.4. The maximum atomic E-state index is 14.0. The predicted octanol–water partition coefficient (Wildman–Crippen LogP) is 6.58. The molecule has 1 aliphatic carbocycles. The Kier molecular flexibility index (Phi) is 7.94. The monoisotopic (exact) mass is 519 g/mol. The Bertz CT molecular complexity index is 1280. The van der Waals surface area contributed by atoms with Crippen LogP contribution in [0.5, 0.6) is 0 Å². The summed E-state index contributed by atoms with van der Waals surface area (Å²) in [6.45, 7) is 20.1. The van der Waals surface area contributed by atoms with Crippen LogP contribution >= 0.6 is 0 Å². The Morgan fingerprint density at radius 1 is 1.16 bits per heavy atom. The SMILES string of the molecule is C=CC(C=C)n1nccc1C(=C)NC(C(=C)Nc1ccc(-c2c(C)n[nH]c2C)nc1)C1CCC(F)(F)CC1. The van der Waals surface area contributed by atoms with Crippen LogP contribution in [0.2, 0.25) is 0 Å². The minimum Gasteiger partial charge on any atom is -0.375 e. The average Bonchev–Trinajstić information content (AvgIpc) is 3.50. The van der Waals surface area contributed by atoms with Crippen molar-refractivity contribution in [2.75, 3.05) is 5.32 Å². The largest absolute Gasteiger partial charge is 0.375 e. The van der Waals surface area contributed by atoms with Crippen LogP contribution in [0.4, 0.5) is 14.5 Å². The van der Waals surface area contributed by atoms with Gasteiger partial charge in [-0.2, -0.15) is 10.2 Å². The third-order valence-electron chi connectivity index (χ3n) is 7.14. The number of allylic oxidation sites excluding steroid dienone is 2. The first kappa shape index (κ1) is 27.0. The number of H-pyrrole nitrogens is 1. The number of aromatic amines is 1. The number of hydrogen-bond acceptors (Lipinski definition) is 5. The van der Waals surface area contributed by atoms with Crippen LogP contribution in [-0.2, 0) is 0 Å². The van der Waals surface area contributed by atoms with Crippen LogP contribution in [0.1, 0.15) is 48.8 Å². The van der Waals surface area contributed by atoms with Crippen molar-refractivity contribution in [3.8, 4) is 11.3 Å². The molecule has 0 saturated heterocycles. The number of anilines is 1. The zero-order valence-electron chi connectivity index (χ0n) is 22.0. The van der Waals surface area contributed by atoms with Gasteiger partial charge in [0, 0.05) is 36.0 Å². The maximum absolute atomic E-state index is 14.0. The van der Waals surface area contributed by atoms with Gasteiger partial charge in [0.25, 0.3) is 0 Å². The summed E-state index contributed by atoms with van der Waals surface area (Å²) in [5.41, 5.74) is 6.39. The Balaban J connectivity index is 1.55. The van der Waals surface area contributed by atoms with E-state index in [1.165, 1.54) is 0 Å². The number of hydrogen-bond donors (Lipinski definition) is 3. The lowest BCUT2D eigenvalue weighted by molar-refractivity contribution is -0.0477. The van der Waals surface area contributed by atoms with E-state index in [0.29, 0.717) is 24.2 Å². The predicted molar refractivity (Wildman–Crippen MR) is 149 cm³/mol. The molecule has 3 aromatic rings. The van der Waals surface area contributed by atoms with E-state index in [9.17, 15) is 8.78 Å². The van der Waals surface area contributed by atoms with Crippen molar-refractivity contribution in [2.45, 2.75) is 57.5 Å². The molecule has 3 N–H and O–H groups in total. The highest BCUT2D eigenvalue weighted by atomic mass is 19.3. The van der Waals surface area contributed by atoms with Crippen molar-refractivity contribution >= 4 is 11.4 Å². The Labute approximate surface area is 222 Å². The molecule has 0 radical (unpaired) electrons. The molecule has 1 fully saturated rings. The van der Waals surface area contributed by atoms with Gasteiger partial charge in [-0.15, -0.1) is 13.2 Å². The Hall–Kier alpha value is -4.01. The molecule has 1 saturated carbocycles. The summed E-state index contributed by atoms with van der Waals surface area (Å²) in [6.07, 6.45) is 7.34. The molecule has 3 aromatic heterocycles. The van der Waals surface area contributed by atoms with Crippen LogP contribution in [0.3, 0.4) is 0 Å². The first-order chi connectivity index (χ1) is 18.1. The van der Waals surface area contributed by atoms with Gasteiger partial charge in [0.05, 0.1) is 46.7 Å². The summed E-state index contributed by atoms with van der Waals surface area (Å²) in [5.74, 6) is -2.68. The molecule has 200 valence electrons. The topological polar surface area (TPSA) is 83.5 Å². The zero-order chi connectivity index (χ0) is 27.4. The molecule has 0 spiro atoms. The third-order valence-corrected chi connectivity index (χ3v) is 7.14. The van der Waals surface area contributed by atoms with Gasteiger partial charge in [0.1, 0.15) is 0 Å². The highest BCUT2D eigenvalue weighted by Gasteiger charge is 2.38. The normalized spacial score (nSPS) is 16.1. The summed E-state index contributed by atoms with van der Waals surface area (Å²) < 4.78 is 29.7. The Morgan fingerprint density at radius 3 is 2.45 bits per heavy atom. The van der Waals surface area contributed by atoms with Crippen molar-refractivity contribution in [1.82, 2.24) is 30.3 Å². The second-order valence-electron chi connectivity index (χ2n) is 9.81. The van der Waals surface area contributed by atoms with Crippen LogP contribution in [0.15, 0.2) is 74.8 Å². The van der Waals surface area contributed by atoms with Crippen LogP contribution in [0.25, 0.3) is 17.0 Å². The second kappa shape index (κ2) is 11.2. The lowest BCUT2D eigenvalue weighted by Gasteiger charge is -2.36. The molecule has 9 heteroatoms. The quantitative estimate of drug-likeness (QED) is 0.249. The van der Waals surface area contributed by atoms with Crippen LogP contribution < -0.4 is 10.6 Å². The van der Waals surface area contributed by atoms with Crippen molar-refractivity contribution in [3.63, 3.8) is 0 Å². The summed E-state index contributed by atoms with van der Waals surface area (Å²) >= 11 is 0. The minimum atomic E-state index is -2.63. The van der Waals surface area contributed by atoms with E-state index in [1.54, 1.807) is 29.2 Å². The number of nitrogens with zero attached hydrogens (tertiary/aromatic N) is 4. The maximum Gasteiger partial charge on any atom is 0.248 e. The van der Waals surface area contributed by atoms with E-state index in [1.807, 2.05) is 32.0 Å². The van der Waals surface area contributed by atoms with E-state index in [4.69, 9.17) is 0 Å². The number of alkyl halides is 2. The van der Waals surface area contributed by atoms with Gasteiger partial charge in [0.15, 0.2) is 0 Å². The van der Waals surface area contributed by atoms with E-state index < -0.39 is 5.92 Å². The van der Waals surface area contributed by atoms with Gasteiger partial charge in [-0.1, -0.05) is 25.3 Å². The molecule has 38 heavy (non-hydrogen) atoms. The zero-order valence-corrected chi connectivity index (χ0v) is 22.0. The number of pyridine rings is 1. The van der Waals surface area contributed by atoms with Crippen molar-refractivity contribution in [3.05, 3.63) is 91.8 Å². The van der Waals surface area contributed by atoms with Crippen molar-refractivity contribution < 1.29 is 8.78 Å². The molecule has 3 heterocycles. The van der Waals surface area contributed by atoms with Crippen molar-refractivity contribution in [1.29, 1.82) is 0 Å². The number of aromatic nitrogens is 5. The number of halogens is 2. The smallest absolute Gasteiger partial charge is 0.248 e. The number of rotatable bonds is 11. The second-order valence-corrected chi connectivity index (χ2v) is 9.81. The molecule has 1 aliphatic rings. The van der Waals surface area contributed by atoms with Gasteiger partial charge < -0.3 is 10.6 Å². The lowest BCUT2D eigenvalue weighted by Crippen LogP contribution is -2.42. The standard InChI is InChI=1S/C29H35F2N7/c1-7-24(8-2)38-26(13-16-33-38)18(3)35-28(22-11-14-29(30,31)15-12-22)21(6)34-23-9-10-25(32-17-23)27-19(4)36-37-20(27)5/h7-10,13,16-17,22,24,28,34-35H,1-3,6,11-12,14-15H2,4-5H3,(H,36,37). The first-order valence-electron chi connectivity index (χ1n) is 12.7. The number of nitrogens with one attached hydrogen (secondary N) is 3. The molecule has 0 aliphatic heterocycles. The van der Waals surface area contributed by atoms with E-state index in [-0.39, 0.29) is 30.8 Å². The van der Waals surface area contributed by atoms with E-state index in [0.717, 1.165) is 34.0 Å². The Morgan fingerprint density at radius 2 is 1.87 bits per heavy atom. The average molecular weight is 520 g/mol. The highest BCUT2D eigenvalue weighted by molar-refractivity contribution is 5.66. The van der Waals surface area contributed by atoms with Gasteiger partial charge >= 0.3 is 0 Å². The summed E-state index contributed by atoms with van der Waals surface area (Å²) in [7, 11) is 0. The van der Waals surface area contributed by atoms with Crippen molar-refractivity contribution in [2.24, 2.45) is 5.92 Å². The highest BCUT2D eigenvalue weighted by Crippen LogP contribution is 2.39. The van der Waals surface area contributed by atoms with Gasteiger partial charge in [0.2, 0.25) is 5.92 Å². The molecule has 0 amide bonds. The van der Waals surface area contributed by atoms with E-state index in [2.05, 4.69) is 57.2 Å². The molecular formula is C29H35F2N7. The molecule has 0 bridgehead atoms. The fourth-order valence-electron chi connectivity index (χ4n) is 5.04. The molecular weight excluding hydrogens is 484 g/mol. The fraction of sp³-hybridized carbons (Fsp3) is 0.345. The summed E-state index contributed by atoms with van der Waals surface area (Å²) in [4.78, 5) is 4.61. The molecule has 0 aromatic carbocycles. The third kappa shape index (κ3) is 5.77. The van der Waals surface area contributed by atoms with Gasteiger partial charge in [-0.3, -0.25) is 14.8 Å². The van der Waals surface area contributed by atoms with Crippen LogP contribution in [0, 0.1) is 19.8 Å². The lowest BCUT2D eigenvalue weighted by atomic mass is 9.81. The molecule has 4 rings (SSSR count). The van der Waals surface area contributed by atoms with Crippen LogP contribution in [-0.4, -0.2) is 36.9 Å². The molecule has 7 nitrogen and oxygen atoms in total. The van der Waals surface area contributed by atoms with E-state index >= 15 is 0 Å². The first-order valence-corrected chi connectivity index (χ1v) is 12.7.